The van der Waals surface area contributed by atoms with Crippen LogP contribution in [0.2, 0.25) is 0 Å². The molecule has 0 radical (unpaired) electrons. The smallest absolute Gasteiger partial charge is 0.225 e. The maximum Gasteiger partial charge on any atom is 0.225 e. The lowest BCUT2D eigenvalue weighted by Crippen LogP contribution is -2.24. The second kappa shape index (κ2) is 7.07. The summed E-state index contributed by atoms with van der Waals surface area (Å²) in [4.78, 5) is 12.1. The molecule has 0 saturated carbocycles. The van der Waals surface area contributed by atoms with Crippen LogP contribution in [-0.4, -0.2) is 15.7 Å². The van der Waals surface area contributed by atoms with E-state index >= 15 is 0 Å². The summed E-state index contributed by atoms with van der Waals surface area (Å²) in [6.07, 6.45) is -0.0267. The number of carbonyl (C=O) groups is 1. The number of primary amides is 1. The van der Waals surface area contributed by atoms with Gasteiger partial charge in [0.15, 0.2) is 0 Å². The normalized spacial score (nSPS) is 12.2. The zero-order chi connectivity index (χ0) is 18.8. The molecule has 0 spiro atoms. The van der Waals surface area contributed by atoms with E-state index in [0.717, 1.165) is 29.6 Å². The molecule has 134 valence electrons. The average molecular weight is 355 g/mol. The third-order valence-electron chi connectivity index (χ3n) is 4.47. The van der Waals surface area contributed by atoms with Crippen molar-refractivity contribution in [2.45, 2.75) is 26.2 Å². The summed E-state index contributed by atoms with van der Waals surface area (Å²) in [6, 6.07) is 12.7. The first-order chi connectivity index (χ1) is 12.4. The number of amides is 1. The van der Waals surface area contributed by atoms with Crippen LogP contribution in [0.3, 0.4) is 0 Å². The molecule has 3 rings (SSSR count). The van der Waals surface area contributed by atoms with Gasteiger partial charge in [0, 0.05) is 11.3 Å². The van der Waals surface area contributed by atoms with Crippen LogP contribution in [0.1, 0.15) is 28.4 Å². The highest BCUT2D eigenvalue weighted by molar-refractivity contribution is 5.83. The van der Waals surface area contributed by atoms with Crippen molar-refractivity contribution in [1.82, 2.24) is 9.78 Å². The predicted molar refractivity (Wildman–Crippen MR) is 95.0 cm³/mol. The number of hydrogen-bond donors (Lipinski definition) is 1. The molecule has 1 aromatic heterocycles. The molecule has 6 heteroatoms. The van der Waals surface area contributed by atoms with Crippen LogP contribution in [0.4, 0.5) is 8.78 Å². The quantitative estimate of drug-likeness (QED) is 0.760. The molecule has 1 unspecified atom stereocenters. The Morgan fingerprint density at radius 3 is 2.50 bits per heavy atom. The minimum absolute atomic E-state index is 0.0267. The number of halogens is 2. The highest BCUT2D eigenvalue weighted by atomic mass is 19.1. The number of nitrogens with zero attached hydrogens (tertiary/aromatic N) is 2. The number of hydrogen-bond acceptors (Lipinski definition) is 2. The topological polar surface area (TPSA) is 60.9 Å². The third-order valence-corrected chi connectivity index (χ3v) is 4.47. The van der Waals surface area contributed by atoms with Gasteiger partial charge in [0.25, 0.3) is 0 Å². The standard InChI is InChI=1S/C20H19F2N3O/c1-12-19(13(2)25(24-12)16-6-4-3-5-7-16)17(20(23)26)11-14-10-15(21)8-9-18(14)22/h3-10,17H,11H2,1-2H3,(H2,23,26). The van der Waals surface area contributed by atoms with Gasteiger partial charge in [-0.1, -0.05) is 18.2 Å². The van der Waals surface area contributed by atoms with E-state index < -0.39 is 23.5 Å². The molecule has 26 heavy (non-hydrogen) atoms. The van der Waals surface area contributed by atoms with Gasteiger partial charge in [-0.15, -0.1) is 0 Å². The molecule has 2 aromatic carbocycles. The van der Waals surface area contributed by atoms with Crippen molar-refractivity contribution in [2.75, 3.05) is 0 Å². The zero-order valence-corrected chi connectivity index (χ0v) is 14.5. The van der Waals surface area contributed by atoms with E-state index in [9.17, 15) is 13.6 Å². The minimum atomic E-state index is -0.802. The fourth-order valence-corrected chi connectivity index (χ4v) is 3.24. The Morgan fingerprint density at radius 2 is 1.85 bits per heavy atom. The molecule has 0 saturated heterocycles. The second-order valence-electron chi connectivity index (χ2n) is 6.23. The van der Waals surface area contributed by atoms with Gasteiger partial charge in [0.2, 0.25) is 5.91 Å². The Bertz CT molecular complexity index is 951. The van der Waals surface area contributed by atoms with Crippen LogP contribution in [0.25, 0.3) is 5.69 Å². The highest BCUT2D eigenvalue weighted by Gasteiger charge is 2.27. The largest absolute Gasteiger partial charge is 0.369 e. The van der Waals surface area contributed by atoms with E-state index in [-0.39, 0.29) is 12.0 Å². The van der Waals surface area contributed by atoms with Crippen molar-refractivity contribution in [2.24, 2.45) is 5.73 Å². The van der Waals surface area contributed by atoms with Crippen molar-refractivity contribution in [1.29, 1.82) is 0 Å². The van der Waals surface area contributed by atoms with Gasteiger partial charge < -0.3 is 5.73 Å². The van der Waals surface area contributed by atoms with E-state index in [2.05, 4.69) is 5.10 Å². The van der Waals surface area contributed by atoms with Crippen LogP contribution >= 0.6 is 0 Å². The number of nitrogens with two attached hydrogens (primary N) is 1. The molecule has 1 atom stereocenters. The molecule has 0 fully saturated rings. The van der Waals surface area contributed by atoms with Crippen LogP contribution in [0.5, 0.6) is 0 Å². The van der Waals surface area contributed by atoms with E-state index in [1.165, 1.54) is 0 Å². The van der Waals surface area contributed by atoms with Crippen LogP contribution in [-0.2, 0) is 11.2 Å². The second-order valence-corrected chi connectivity index (χ2v) is 6.23. The molecular weight excluding hydrogens is 336 g/mol. The number of para-hydroxylation sites is 1. The number of aromatic nitrogens is 2. The van der Waals surface area contributed by atoms with Crippen molar-refractivity contribution < 1.29 is 13.6 Å². The molecule has 3 aromatic rings. The summed E-state index contributed by atoms with van der Waals surface area (Å²) in [5, 5.41) is 4.51. The first kappa shape index (κ1) is 17.8. The van der Waals surface area contributed by atoms with Crippen molar-refractivity contribution >= 4 is 5.91 Å². The van der Waals surface area contributed by atoms with Crippen LogP contribution in [0, 0.1) is 25.5 Å². The SMILES string of the molecule is Cc1nn(-c2ccccc2)c(C)c1C(Cc1cc(F)ccc1F)C(N)=O. The summed E-state index contributed by atoms with van der Waals surface area (Å²) >= 11 is 0. The van der Waals surface area contributed by atoms with Gasteiger partial charge in [0.05, 0.1) is 17.3 Å². The lowest BCUT2D eigenvalue weighted by molar-refractivity contribution is -0.119. The number of aryl methyl sites for hydroxylation is 1. The van der Waals surface area contributed by atoms with Gasteiger partial charge in [0.1, 0.15) is 11.6 Å². The predicted octanol–water partition coefficient (Wildman–Crippen LogP) is 3.58. The van der Waals surface area contributed by atoms with Crippen LogP contribution in [0.15, 0.2) is 48.5 Å². The molecule has 0 bridgehead atoms. The van der Waals surface area contributed by atoms with Gasteiger partial charge in [-0.05, 0) is 56.2 Å². The van der Waals surface area contributed by atoms with Crippen molar-refractivity contribution in [3.8, 4) is 5.69 Å². The number of carbonyl (C=O) groups excluding carboxylic acids is 1. The van der Waals surface area contributed by atoms with E-state index in [1.807, 2.05) is 37.3 Å². The van der Waals surface area contributed by atoms with E-state index in [0.29, 0.717) is 11.3 Å². The molecule has 2 N–H and O–H groups in total. The zero-order valence-electron chi connectivity index (χ0n) is 14.5. The molecular formula is C20H19F2N3O. The Hall–Kier alpha value is -3.02. The first-order valence-electron chi connectivity index (χ1n) is 8.23. The minimum Gasteiger partial charge on any atom is -0.369 e. The van der Waals surface area contributed by atoms with Gasteiger partial charge in [-0.2, -0.15) is 5.10 Å². The fourth-order valence-electron chi connectivity index (χ4n) is 3.24. The molecule has 0 aliphatic rings. The van der Waals surface area contributed by atoms with Crippen molar-refractivity contribution in [3.63, 3.8) is 0 Å². The Labute approximate surface area is 150 Å². The average Bonchev–Trinajstić information content (AvgIpc) is 2.91. The Morgan fingerprint density at radius 1 is 1.15 bits per heavy atom. The molecule has 0 aliphatic carbocycles. The summed E-state index contributed by atoms with van der Waals surface area (Å²) in [5.41, 5.74) is 8.58. The third kappa shape index (κ3) is 3.35. The molecule has 1 amide bonds. The van der Waals surface area contributed by atoms with E-state index in [4.69, 9.17) is 5.73 Å². The van der Waals surface area contributed by atoms with Gasteiger partial charge >= 0.3 is 0 Å². The monoisotopic (exact) mass is 355 g/mol. The van der Waals surface area contributed by atoms with Gasteiger partial charge in [-0.3, -0.25) is 4.79 Å². The lowest BCUT2D eigenvalue weighted by Gasteiger charge is -2.15. The summed E-state index contributed by atoms with van der Waals surface area (Å²) in [6.45, 7) is 3.61. The highest BCUT2D eigenvalue weighted by Crippen LogP contribution is 2.29. The summed E-state index contributed by atoms with van der Waals surface area (Å²) in [5.74, 6) is -2.53. The van der Waals surface area contributed by atoms with Crippen LogP contribution < -0.4 is 5.73 Å². The Balaban J connectivity index is 2.05. The number of benzene rings is 2. The molecule has 0 aliphatic heterocycles. The molecule has 4 nitrogen and oxygen atoms in total. The summed E-state index contributed by atoms with van der Waals surface area (Å²) in [7, 11) is 0. The maximum atomic E-state index is 14.0. The first-order valence-corrected chi connectivity index (χ1v) is 8.23. The van der Waals surface area contributed by atoms with Gasteiger partial charge in [-0.25, -0.2) is 13.5 Å². The summed E-state index contributed by atoms with van der Waals surface area (Å²) < 4.78 is 29.3. The Kier molecular flexibility index (Phi) is 4.84. The van der Waals surface area contributed by atoms with E-state index in [1.54, 1.807) is 11.6 Å². The number of rotatable bonds is 5. The lowest BCUT2D eigenvalue weighted by atomic mass is 9.89. The fraction of sp³-hybridized carbons (Fsp3) is 0.200. The molecule has 1 heterocycles. The maximum absolute atomic E-state index is 14.0. The van der Waals surface area contributed by atoms with Crippen molar-refractivity contribution in [3.05, 3.63) is 82.7 Å².